The number of hydrogen-bond acceptors (Lipinski definition) is 3. The summed E-state index contributed by atoms with van der Waals surface area (Å²) in [5.41, 5.74) is -0.00347. The Balaban J connectivity index is 1.71. The number of likely N-dealkylation sites (N-methyl/N-ethyl adjacent to an activating group) is 1. The topological polar surface area (TPSA) is 24.5 Å². The Labute approximate surface area is 118 Å². The van der Waals surface area contributed by atoms with E-state index >= 15 is 0 Å². The molecule has 1 N–H and O–H groups in total. The minimum absolute atomic E-state index is 0.0221. The maximum atomic E-state index is 6.27. The van der Waals surface area contributed by atoms with E-state index in [2.05, 4.69) is 45.0 Å². The van der Waals surface area contributed by atoms with Crippen molar-refractivity contribution in [2.45, 2.75) is 95.2 Å². The number of rotatable bonds is 2. The number of fused-ring (bicyclic) bond motifs is 2. The summed E-state index contributed by atoms with van der Waals surface area (Å²) >= 11 is 0. The van der Waals surface area contributed by atoms with E-state index in [4.69, 9.17) is 4.74 Å². The molecule has 3 fully saturated rings. The zero-order chi connectivity index (χ0) is 13.8. The van der Waals surface area contributed by atoms with E-state index in [-0.39, 0.29) is 11.2 Å². The van der Waals surface area contributed by atoms with Crippen LogP contribution in [0, 0.1) is 0 Å². The molecule has 3 nitrogen and oxygen atoms in total. The molecular weight excluding hydrogens is 236 g/mol. The molecule has 0 radical (unpaired) electrons. The zero-order valence-electron chi connectivity index (χ0n) is 13.2. The van der Waals surface area contributed by atoms with Gasteiger partial charge in [0.2, 0.25) is 0 Å². The fourth-order valence-corrected chi connectivity index (χ4v) is 4.78. The van der Waals surface area contributed by atoms with Gasteiger partial charge in [-0.25, -0.2) is 0 Å². The van der Waals surface area contributed by atoms with Crippen LogP contribution in [0.2, 0.25) is 0 Å². The lowest BCUT2D eigenvalue weighted by atomic mass is 9.89. The smallest absolute Gasteiger partial charge is 0.0789 e. The lowest BCUT2D eigenvalue weighted by Crippen LogP contribution is -2.54. The van der Waals surface area contributed by atoms with E-state index in [0.717, 1.165) is 24.5 Å². The van der Waals surface area contributed by atoms with Crippen LogP contribution in [0.25, 0.3) is 0 Å². The predicted molar refractivity (Wildman–Crippen MR) is 78.4 cm³/mol. The first-order valence-electron chi connectivity index (χ1n) is 7.95. The summed E-state index contributed by atoms with van der Waals surface area (Å²) in [6, 6.07) is 2.82. The molecule has 3 aliphatic heterocycles. The third-order valence-electron chi connectivity index (χ3n) is 5.54. The Morgan fingerprint density at radius 3 is 2.11 bits per heavy atom. The van der Waals surface area contributed by atoms with Crippen LogP contribution < -0.4 is 5.32 Å². The number of nitrogens with one attached hydrogen (secondary N) is 1. The molecule has 2 bridgehead atoms. The molecule has 19 heavy (non-hydrogen) atoms. The monoisotopic (exact) mass is 266 g/mol. The highest BCUT2D eigenvalue weighted by atomic mass is 16.5. The van der Waals surface area contributed by atoms with Gasteiger partial charge in [-0.1, -0.05) is 0 Å². The summed E-state index contributed by atoms with van der Waals surface area (Å²) in [4.78, 5) is 2.64. The molecule has 110 valence electrons. The molecule has 3 unspecified atom stereocenters. The molecule has 0 aromatic carbocycles. The van der Waals surface area contributed by atoms with E-state index in [0.29, 0.717) is 6.04 Å². The van der Waals surface area contributed by atoms with Crippen molar-refractivity contribution < 1.29 is 4.74 Å². The molecule has 0 saturated carbocycles. The molecule has 3 atom stereocenters. The van der Waals surface area contributed by atoms with Crippen LogP contribution in [0.15, 0.2) is 0 Å². The van der Waals surface area contributed by atoms with Crippen LogP contribution >= 0.6 is 0 Å². The Hall–Kier alpha value is -0.120. The Kier molecular flexibility index (Phi) is 3.23. The second-order valence-corrected chi connectivity index (χ2v) is 8.11. The first-order chi connectivity index (χ1) is 8.77. The maximum Gasteiger partial charge on any atom is 0.0789 e. The number of ether oxygens (including phenoxy) is 1. The molecule has 0 aliphatic carbocycles. The number of piperidine rings is 1. The van der Waals surface area contributed by atoms with Crippen LogP contribution in [0.3, 0.4) is 0 Å². The fraction of sp³-hybridized carbons (Fsp3) is 1.00. The molecule has 3 heteroatoms. The van der Waals surface area contributed by atoms with Gasteiger partial charge in [0.25, 0.3) is 0 Å². The van der Waals surface area contributed by atoms with Crippen molar-refractivity contribution in [3.8, 4) is 0 Å². The number of hydrogen-bond donors (Lipinski definition) is 1. The third kappa shape index (κ3) is 2.57. The van der Waals surface area contributed by atoms with E-state index in [9.17, 15) is 0 Å². The molecule has 0 amide bonds. The summed E-state index contributed by atoms with van der Waals surface area (Å²) < 4.78 is 6.27. The highest BCUT2D eigenvalue weighted by molar-refractivity contribution is 5.03. The van der Waals surface area contributed by atoms with Gasteiger partial charge < -0.3 is 10.1 Å². The van der Waals surface area contributed by atoms with Gasteiger partial charge in [-0.05, 0) is 66.8 Å². The van der Waals surface area contributed by atoms with Crippen molar-refractivity contribution in [3.05, 3.63) is 0 Å². The molecule has 0 aromatic heterocycles. The Morgan fingerprint density at radius 1 is 1.05 bits per heavy atom. The van der Waals surface area contributed by atoms with Crippen LogP contribution in [-0.4, -0.2) is 47.3 Å². The predicted octanol–water partition coefficient (Wildman–Crippen LogP) is 2.55. The van der Waals surface area contributed by atoms with Gasteiger partial charge in [-0.15, -0.1) is 0 Å². The highest BCUT2D eigenvalue weighted by Crippen LogP contribution is 2.42. The van der Waals surface area contributed by atoms with Crippen molar-refractivity contribution in [2.75, 3.05) is 7.05 Å². The van der Waals surface area contributed by atoms with Crippen molar-refractivity contribution in [3.63, 3.8) is 0 Å². The summed E-state index contributed by atoms with van der Waals surface area (Å²) in [5.74, 6) is 0. The Bertz CT molecular complexity index is 341. The first kappa shape index (κ1) is 13.8. The molecular formula is C16H30N2O. The molecule has 0 spiro atoms. The van der Waals surface area contributed by atoms with Gasteiger partial charge in [0.05, 0.1) is 11.2 Å². The van der Waals surface area contributed by atoms with E-state index in [1.807, 2.05) is 0 Å². The normalized spacial score (nSPS) is 43.9. The SMILES string of the molecule is CN(C1CC2CCC(C1)N2)C1CC(C)(C)OC1(C)C. The molecule has 3 rings (SSSR count). The fourth-order valence-electron chi connectivity index (χ4n) is 4.78. The van der Waals surface area contributed by atoms with Gasteiger partial charge in [0, 0.05) is 24.2 Å². The summed E-state index contributed by atoms with van der Waals surface area (Å²) in [7, 11) is 2.33. The molecule has 0 aromatic rings. The minimum atomic E-state index is -0.0256. The van der Waals surface area contributed by atoms with E-state index < -0.39 is 0 Å². The molecule has 3 heterocycles. The molecule has 3 aliphatic rings. The van der Waals surface area contributed by atoms with Crippen LogP contribution in [0.4, 0.5) is 0 Å². The summed E-state index contributed by atoms with van der Waals surface area (Å²) in [6.45, 7) is 8.99. The average molecular weight is 266 g/mol. The number of nitrogens with zero attached hydrogens (tertiary/aromatic N) is 1. The zero-order valence-corrected chi connectivity index (χ0v) is 13.2. The van der Waals surface area contributed by atoms with Crippen LogP contribution in [0.1, 0.15) is 59.8 Å². The van der Waals surface area contributed by atoms with Gasteiger partial charge >= 0.3 is 0 Å². The van der Waals surface area contributed by atoms with Gasteiger partial charge in [-0.3, -0.25) is 4.90 Å². The lowest BCUT2D eigenvalue weighted by molar-refractivity contribution is -0.0829. The van der Waals surface area contributed by atoms with E-state index in [1.54, 1.807) is 0 Å². The van der Waals surface area contributed by atoms with Crippen LogP contribution in [-0.2, 0) is 4.74 Å². The quantitative estimate of drug-likeness (QED) is 0.831. The lowest BCUT2D eigenvalue weighted by Gasteiger charge is -2.42. The summed E-state index contributed by atoms with van der Waals surface area (Å²) in [5, 5.41) is 3.74. The van der Waals surface area contributed by atoms with Crippen molar-refractivity contribution in [2.24, 2.45) is 0 Å². The second kappa shape index (κ2) is 4.44. The molecule has 3 saturated heterocycles. The third-order valence-corrected chi connectivity index (χ3v) is 5.54. The van der Waals surface area contributed by atoms with Gasteiger partial charge in [-0.2, -0.15) is 0 Å². The van der Waals surface area contributed by atoms with Gasteiger partial charge in [0.1, 0.15) is 0 Å². The van der Waals surface area contributed by atoms with Crippen molar-refractivity contribution in [1.29, 1.82) is 0 Å². The minimum Gasteiger partial charge on any atom is -0.368 e. The second-order valence-electron chi connectivity index (χ2n) is 8.11. The Morgan fingerprint density at radius 2 is 1.63 bits per heavy atom. The maximum absolute atomic E-state index is 6.27. The van der Waals surface area contributed by atoms with Crippen LogP contribution in [0.5, 0.6) is 0 Å². The van der Waals surface area contributed by atoms with Crippen molar-refractivity contribution in [1.82, 2.24) is 10.2 Å². The highest BCUT2D eigenvalue weighted by Gasteiger charge is 2.49. The standard InChI is InChI=1S/C16H30N2O/c1-15(2)10-14(16(3,4)19-15)18(5)13-8-11-6-7-12(9-13)17-11/h11-14,17H,6-10H2,1-5H3. The largest absolute Gasteiger partial charge is 0.368 e. The summed E-state index contributed by atoms with van der Waals surface area (Å²) in [6.07, 6.45) is 6.55. The van der Waals surface area contributed by atoms with Gasteiger partial charge in [0.15, 0.2) is 0 Å². The van der Waals surface area contributed by atoms with Crippen molar-refractivity contribution >= 4 is 0 Å². The average Bonchev–Trinajstić information content (AvgIpc) is 2.73. The first-order valence-corrected chi connectivity index (χ1v) is 7.95. The van der Waals surface area contributed by atoms with E-state index in [1.165, 1.54) is 25.7 Å².